The van der Waals surface area contributed by atoms with Crippen LogP contribution < -0.4 is 45.9 Å². The van der Waals surface area contributed by atoms with Crippen LogP contribution >= 0.6 is 82.3 Å². The van der Waals surface area contributed by atoms with Crippen molar-refractivity contribution < 1.29 is 138 Å². The fourth-order valence-corrected chi connectivity index (χ4v) is 18.4. The van der Waals surface area contributed by atoms with Crippen LogP contribution in [0.1, 0.15) is 0 Å². The molecule has 0 aromatic rings. The Morgan fingerprint density at radius 2 is 0.376 bits per heavy atom. The molecule has 21 aliphatic rings. The fourth-order valence-electron chi connectivity index (χ4n) is 12.5. The molecule has 21 fully saturated rings. The molecular formula is C57H107N9O28S7. The van der Waals surface area contributed by atoms with Gasteiger partial charge in [-0.25, -0.2) is 0 Å². The molecule has 0 saturated carbocycles. The highest BCUT2D eigenvalue weighted by atomic mass is 32.2. The predicted octanol–water partition coefficient (Wildman–Crippen LogP) is -11.0. The zero-order valence-corrected chi connectivity index (χ0v) is 61.2. The molecule has 101 heavy (non-hydrogen) atoms. The van der Waals surface area contributed by atoms with Gasteiger partial charge in [-0.15, -0.1) is 0 Å². The molecule has 0 aliphatic carbocycles. The maximum absolute atomic E-state index is 12.2. The number of aliphatic imine (C=N–C) groups is 1. The maximum atomic E-state index is 12.2. The minimum Gasteiger partial charge on any atom is -0.387 e. The molecule has 0 spiro atoms. The molecule has 0 unspecified atom stereocenters. The largest absolute Gasteiger partial charge is 0.387 e. The lowest BCUT2D eigenvalue weighted by molar-refractivity contribution is -0.389. The first-order valence-electron chi connectivity index (χ1n) is 33.5. The number of rotatable bonds is 29. The van der Waals surface area contributed by atoms with Crippen molar-refractivity contribution in [1.29, 1.82) is 0 Å². The molecule has 14 bridgehead atoms. The van der Waals surface area contributed by atoms with Crippen LogP contribution in [0.4, 0.5) is 0 Å². The Morgan fingerprint density at radius 1 is 0.228 bits per heavy atom. The third kappa shape index (κ3) is 22.8. The molecule has 0 aromatic heterocycles. The summed E-state index contributed by atoms with van der Waals surface area (Å²) < 4.78 is 89.3. The first-order valence-corrected chi connectivity index (χ1v) is 41.6. The van der Waals surface area contributed by atoms with E-state index in [2.05, 4.69) is 4.99 Å². The van der Waals surface area contributed by atoms with Gasteiger partial charge < -0.3 is 184 Å². The summed E-state index contributed by atoms with van der Waals surface area (Å²) >= 11 is 8.73. The van der Waals surface area contributed by atoms with Crippen LogP contribution in [0.15, 0.2) is 4.99 Å². The van der Waals surface area contributed by atoms with Crippen molar-refractivity contribution in [3.8, 4) is 0 Å². The van der Waals surface area contributed by atoms with Crippen LogP contribution in [0.5, 0.6) is 0 Å². The normalized spacial score (nSPS) is 45.0. The SMILES string of the molecule is NCCSC[C@H]1O[C@@H]2O[C@H]3[C@H](O)[C@@H](O)[C@@H](O[C@H]4[C@H](O)[C@@H](O)[C@@H](O[C@H]5[C@H](O)[C@@H](O)[C@@H](O[C@H]6[C@H](O)[C@@H](O)[C@@H](O[C@H]7[C@H](O)[C@@H](O)[C@@H](O[C@H]8[C@H](O)[C@@H](O)[C@@H](O[C@H]1[C@H](O)[C@H]2O)O[C@@H]8CSCCN)O[C@@H]7CSCCN)O[C@@H]6CSCCN)O[C@@H]5CSCCN=C(N)N)O[C@@H]4CSCCN)O[C@@H]3CSCCN. The molecule has 44 heteroatoms. The molecule has 21 rings (SSSR count). The van der Waals surface area contributed by atoms with Crippen molar-refractivity contribution in [3.05, 3.63) is 0 Å². The molecule has 0 radical (unpaired) electrons. The van der Waals surface area contributed by atoms with Crippen molar-refractivity contribution in [2.24, 2.45) is 50.9 Å². The van der Waals surface area contributed by atoms with E-state index < -0.39 is 215 Å². The minimum absolute atomic E-state index is 0.00589. The quantitative estimate of drug-likeness (QED) is 0.0188. The van der Waals surface area contributed by atoms with E-state index in [4.69, 9.17) is 112 Å². The second kappa shape index (κ2) is 43.2. The summed E-state index contributed by atoms with van der Waals surface area (Å²) in [6.45, 7) is 1.32. The molecule has 0 amide bonds. The summed E-state index contributed by atoms with van der Waals surface area (Å²) in [5.74, 6) is 2.09. The second-order valence-electron chi connectivity index (χ2n) is 24.9. The lowest BCUT2D eigenvalue weighted by Crippen LogP contribution is -2.68. The first-order chi connectivity index (χ1) is 48.5. The number of guanidine groups is 1. The van der Waals surface area contributed by atoms with Gasteiger partial charge in [0.05, 0.1) is 49.3 Å². The number of thioether (sulfide) groups is 7. The molecule has 30 N–H and O–H groups in total. The first kappa shape index (κ1) is 86.9. The molecular weight excluding hydrogens is 1480 g/mol. The average molecular weight is 1590 g/mol. The Morgan fingerprint density at radius 3 is 0.515 bits per heavy atom. The molecule has 35 atom stereocenters. The highest BCUT2D eigenvalue weighted by molar-refractivity contribution is 8.00. The molecule has 21 heterocycles. The van der Waals surface area contributed by atoms with E-state index >= 15 is 0 Å². The number of ether oxygens (including phenoxy) is 14. The van der Waals surface area contributed by atoms with Crippen LogP contribution in [0.3, 0.4) is 0 Å². The van der Waals surface area contributed by atoms with E-state index in [0.717, 1.165) is 0 Å². The topological polar surface area (TPSA) is 633 Å². The molecule has 21 saturated heterocycles. The van der Waals surface area contributed by atoms with Crippen molar-refractivity contribution >= 4 is 88.3 Å². The fraction of sp³-hybridized carbons (Fsp3) is 0.982. The summed E-state index contributed by atoms with van der Waals surface area (Å²) in [6.07, 6.45) is -60.5. The highest BCUT2D eigenvalue weighted by Gasteiger charge is 2.60. The number of aliphatic hydroxyl groups excluding tert-OH is 14. The average Bonchev–Trinajstić information content (AvgIpc) is 0.792. The van der Waals surface area contributed by atoms with Crippen molar-refractivity contribution in [2.45, 2.75) is 215 Å². The summed E-state index contributed by atoms with van der Waals surface area (Å²) in [4.78, 5) is 4.02. The van der Waals surface area contributed by atoms with Gasteiger partial charge >= 0.3 is 0 Å². The third-order valence-corrected chi connectivity index (χ3v) is 25.2. The van der Waals surface area contributed by atoms with E-state index in [-0.39, 0.29) is 97.8 Å². The van der Waals surface area contributed by atoms with Gasteiger partial charge in [-0.2, -0.15) is 82.3 Å². The van der Waals surface area contributed by atoms with Gasteiger partial charge in [-0.1, -0.05) is 0 Å². The van der Waals surface area contributed by atoms with Gasteiger partial charge in [-0.3, -0.25) is 4.99 Å². The summed E-state index contributed by atoms with van der Waals surface area (Å²) in [7, 11) is 0. The van der Waals surface area contributed by atoms with E-state index in [0.29, 0.717) is 34.5 Å². The number of nitrogens with zero attached hydrogens (tertiary/aromatic N) is 1. The molecule has 37 nitrogen and oxygen atoms in total. The van der Waals surface area contributed by atoms with Crippen LogP contribution in [-0.4, -0.2) is 419 Å². The van der Waals surface area contributed by atoms with Crippen molar-refractivity contribution in [3.63, 3.8) is 0 Å². The molecule has 590 valence electrons. The number of aliphatic hydroxyl groups is 14. The van der Waals surface area contributed by atoms with Crippen LogP contribution in [0, 0.1) is 0 Å². The predicted molar refractivity (Wildman–Crippen MR) is 375 cm³/mol. The van der Waals surface area contributed by atoms with E-state index in [1.165, 1.54) is 82.3 Å². The van der Waals surface area contributed by atoms with Crippen LogP contribution in [0.25, 0.3) is 0 Å². The summed E-state index contributed by atoms with van der Waals surface area (Å²) in [6, 6.07) is 0. The van der Waals surface area contributed by atoms with E-state index in [1.807, 2.05) is 0 Å². The van der Waals surface area contributed by atoms with Gasteiger partial charge in [0.15, 0.2) is 50.0 Å². The summed E-state index contributed by atoms with van der Waals surface area (Å²) in [5.41, 5.74) is 46.5. The summed E-state index contributed by atoms with van der Waals surface area (Å²) in [5, 5.41) is 169. The van der Waals surface area contributed by atoms with Crippen LogP contribution in [-0.2, 0) is 66.3 Å². The number of hydrogen-bond acceptors (Lipinski definition) is 42. The number of hydrogen-bond donors (Lipinski definition) is 22. The standard InChI is InChI=1S/C57H107N9O28S7/c58-1-8-95-15-22-43-30(68)37(75)51(82-22)90-45-24(17-97-10-3-60)84-53(39(77)32(45)70)92-47-26(19-99-12-5-62)86-55(41(79)34(47)72)94-49-28(21-101-14-7-66-57(64)65)87-56(42(80)35(49)73)93-48-27(20-100-13-6-63)85-54(40(78)33(48)71)91-46-25(18-98-11-4-61)83-52(38(76)31(46)69)89-44-23(16-96-9-2-59)81-50(88-43)36(74)29(44)67/h22-56,67-80H,1-21,58-63H2,(H4,64,65,66)/t22-,23-,24-,25-,26-,27-,28-,29-,30-,31-,32-,33-,34-,35-,36-,37-,38-,39-,40-,41-,42-,43-,44-,45-,46-,47-,48-,49-,50-,51-,52-,53-,54-,55-,56-/m1/s1. The lowest BCUT2D eigenvalue weighted by Gasteiger charge is -2.50. The van der Waals surface area contributed by atoms with Crippen molar-refractivity contribution in [2.75, 3.05) is 126 Å². The highest BCUT2D eigenvalue weighted by Crippen LogP contribution is 2.41. The Labute approximate surface area is 614 Å². The van der Waals surface area contributed by atoms with Gasteiger partial charge in [0.2, 0.25) is 0 Å². The van der Waals surface area contributed by atoms with Gasteiger partial charge in [0.1, 0.15) is 128 Å². The second-order valence-corrected chi connectivity index (χ2v) is 33.0. The van der Waals surface area contributed by atoms with E-state index in [9.17, 15) is 71.5 Å². The van der Waals surface area contributed by atoms with E-state index in [1.54, 1.807) is 0 Å². The molecule has 21 aliphatic heterocycles. The Bertz CT molecular complexity index is 2380. The smallest absolute Gasteiger partial charge is 0.187 e. The lowest BCUT2D eigenvalue weighted by atomic mass is 9.95. The van der Waals surface area contributed by atoms with Gasteiger partial charge in [0.25, 0.3) is 0 Å². The van der Waals surface area contributed by atoms with Gasteiger partial charge in [-0.05, 0) is 0 Å². The minimum atomic E-state index is -2.04. The number of nitrogens with two attached hydrogens (primary N) is 8. The maximum Gasteiger partial charge on any atom is 0.187 e. The Kier molecular flexibility index (Phi) is 37.2. The van der Waals surface area contributed by atoms with Crippen LogP contribution in [0.2, 0.25) is 0 Å². The third-order valence-electron chi connectivity index (χ3n) is 17.6. The van der Waals surface area contributed by atoms with Crippen molar-refractivity contribution in [1.82, 2.24) is 0 Å². The zero-order chi connectivity index (χ0) is 73.2. The molecule has 0 aromatic carbocycles. The van der Waals surface area contributed by atoms with Gasteiger partial charge in [0, 0.05) is 120 Å². The zero-order valence-electron chi connectivity index (χ0n) is 55.5. The Balaban J connectivity index is 1.18. The Hall–Kier alpha value is 0.360. The monoisotopic (exact) mass is 1590 g/mol.